The lowest BCUT2D eigenvalue weighted by molar-refractivity contribution is 0.0246. The number of rotatable bonds is 11. The van der Waals surface area contributed by atoms with E-state index in [2.05, 4.69) is 22.3 Å². The van der Waals surface area contributed by atoms with E-state index in [-0.39, 0.29) is 13.2 Å². The zero-order valence-corrected chi connectivity index (χ0v) is 12.8. The lowest BCUT2D eigenvalue weighted by Crippen LogP contribution is -2.35. The zero-order chi connectivity index (χ0) is 14.6. The van der Waals surface area contributed by atoms with E-state index in [4.69, 9.17) is 15.9 Å². The fourth-order valence-corrected chi connectivity index (χ4v) is 2.64. The van der Waals surface area contributed by atoms with E-state index in [0.29, 0.717) is 6.54 Å². The Labute approximate surface area is 125 Å². The summed E-state index contributed by atoms with van der Waals surface area (Å²) in [6.07, 6.45) is 5.53. The van der Waals surface area contributed by atoms with Gasteiger partial charge in [-0.05, 0) is 17.9 Å². The standard InChI is InChI=1S/C15H23NO3S/c1-3-8-19-13-14(17)11-16(7-5-9-18-2)12-15-6-4-10-20-15/h1,4,6,10,14,17H,5,7-9,11-13H2,2H3. The van der Waals surface area contributed by atoms with Crippen molar-refractivity contribution in [2.24, 2.45) is 0 Å². The highest BCUT2D eigenvalue weighted by Gasteiger charge is 2.12. The second-order valence-electron chi connectivity index (χ2n) is 4.53. The molecule has 1 heterocycles. The highest BCUT2D eigenvalue weighted by molar-refractivity contribution is 7.09. The van der Waals surface area contributed by atoms with Crippen LogP contribution in [0.15, 0.2) is 17.5 Å². The Hall–Kier alpha value is -0.900. The van der Waals surface area contributed by atoms with Gasteiger partial charge in [0, 0.05) is 38.2 Å². The van der Waals surface area contributed by atoms with Crippen LogP contribution in [0.3, 0.4) is 0 Å². The third-order valence-electron chi connectivity index (χ3n) is 2.75. The number of terminal acetylenes is 1. The van der Waals surface area contributed by atoms with Crippen molar-refractivity contribution >= 4 is 11.3 Å². The molecule has 0 saturated heterocycles. The molecule has 0 aromatic carbocycles. The number of nitrogens with zero attached hydrogens (tertiary/aromatic N) is 1. The summed E-state index contributed by atoms with van der Waals surface area (Å²) in [4.78, 5) is 3.51. The Balaban J connectivity index is 2.38. The van der Waals surface area contributed by atoms with Crippen molar-refractivity contribution in [3.63, 3.8) is 0 Å². The Bertz CT molecular complexity index is 375. The molecule has 1 aromatic heterocycles. The molecule has 112 valence electrons. The van der Waals surface area contributed by atoms with Crippen LogP contribution in [0, 0.1) is 12.3 Å². The van der Waals surface area contributed by atoms with Crippen LogP contribution in [0.1, 0.15) is 11.3 Å². The summed E-state index contributed by atoms with van der Waals surface area (Å²) < 4.78 is 10.2. The number of hydrogen-bond donors (Lipinski definition) is 1. The summed E-state index contributed by atoms with van der Waals surface area (Å²) in [6, 6.07) is 4.15. The van der Waals surface area contributed by atoms with E-state index in [9.17, 15) is 5.11 Å². The van der Waals surface area contributed by atoms with Crippen LogP contribution >= 0.6 is 11.3 Å². The first-order chi connectivity index (χ1) is 9.76. The van der Waals surface area contributed by atoms with E-state index in [1.54, 1.807) is 18.4 Å². The molecule has 0 radical (unpaired) electrons. The molecule has 0 aliphatic heterocycles. The largest absolute Gasteiger partial charge is 0.389 e. The SMILES string of the molecule is C#CCOCC(O)CN(CCCOC)Cc1cccs1. The van der Waals surface area contributed by atoms with Crippen LogP contribution in [-0.2, 0) is 16.0 Å². The zero-order valence-electron chi connectivity index (χ0n) is 12.0. The van der Waals surface area contributed by atoms with Crippen molar-refractivity contribution in [3.05, 3.63) is 22.4 Å². The summed E-state index contributed by atoms with van der Waals surface area (Å²) in [5.41, 5.74) is 0. The normalized spacial score (nSPS) is 12.5. The predicted octanol–water partition coefficient (Wildman–Crippen LogP) is 1.60. The number of ether oxygens (including phenoxy) is 2. The average Bonchev–Trinajstić information content (AvgIpc) is 2.92. The molecule has 0 aliphatic carbocycles. The molecule has 4 nitrogen and oxygen atoms in total. The summed E-state index contributed by atoms with van der Waals surface area (Å²) in [6.45, 7) is 3.55. The first kappa shape index (κ1) is 17.2. The van der Waals surface area contributed by atoms with Gasteiger partial charge in [-0.1, -0.05) is 12.0 Å². The molecule has 0 bridgehead atoms. The van der Waals surface area contributed by atoms with E-state index in [0.717, 1.165) is 26.1 Å². The fraction of sp³-hybridized carbons (Fsp3) is 0.600. The van der Waals surface area contributed by atoms with E-state index < -0.39 is 6.10 Å². The maximum Gasteiger partial charge on any atom is 0.107 e. The van der Waals surface area contributed by atoms with Crippen LogP contribution < -0.4 is 0 Å². The Morgan fingerprint density at radius 2 is 2.40 bits per heavy atom. The van der Waals surface area contributed by atoms with Crippen molar-refractivity contribution in [2.75, 3.05) is 40.0 Å². The molecule has 0 saturated carbocycles. The van der Waals surface area contributed by atoms with Gasteiger partial charge in [0.15, 0.2) is 0 Å². The van der Waals surface area contributed by atoms with Crippen LogP contribution in [0.25, 0.3) is 0 Å². The lowest BCUT2D eigenvalue weighted by atomic mass is 10.3. The highest BCUT2D eigenvalue weighted by atomic mass is 32.1. The van der Waals surface area contributed by atoms with Gasteiger partial charge in [0.25, 0.3) is 0 Å². The minimum atomic E-state index is -0.522. The van der Waals surface area contributed by atoms with Gasteiger partial charge in [0.1, 0.15) is 6.61 Å². The average molecular weight is 297 g/mol. The minimum absolute atomic E-state index is 0.242. The second kappa shape index (κ2) is 10.8. The summed E-state index contributed by atoms with van der Waals surface area (Å²) in [5, 5.41) is 12.0. The number of aliphatic hydroxyl groups excluding tert-OH is 1. The van der Waals surface area contributed by atoms with Crippen LogP contribution in [0.2, 0.25) is 0 Å². The van der Waals surface area contributed by atoms with Gasteiger partial charge in [-0.3, -0.25) is 4.90 Å². The summed E-state index contributed by atoms with van der Waals surface area (Å²) in [7, 11) is 1.70. The smallest absolute Gasteiger partial charge is 0.107 e. The van der Waals surface area contributed by atoms with Crippen LogP contribution in [0.4, 0.5) is 0 Å². The van der Waals surface area contributed by atoms with Gasteiger partial charge in [0.05, 0.1) is 12.7 Å². The maximum absolute atomic E-state index is 9.97. The predicted molar refractivity (Wildman–Crippen MR) is 81.7 cm³/mol. The molecule has 1 N–H and O–H groups in total. The first-order valence-electron chi connectivity index (χ1n) is 6.69. The molecule has 20 heavy (non-hydrogen) atoms. The molecular weight excluding hydrogens is 274 g/mol. The van der Waals surface area contributed by atoms with Gasteiger partial charge < -0.3 is 14.6 Å². The summed E-state index contributed by atoms with van der Waals surface area (Å²) >= 11 is 1.73. The number of methoxy groups -OCH3 is 1. The monoisotopic (exact) mass is 297 g/mol. The number of hydrogen-bond acceptors (Lipinski definition) is 5. The molecule has 0 aliphatic rings. The molecule has 1 rings (SSSR count). The van der Waals surface area contributed by atoms with Crippen molar-refractivity contribution in [1.29, 1.82) is 0 Å². The molecule has 1 unspecified atom stereocenters. The molecule has 1 atom stereocenters. The van der Waals surface area contributed by atoms with E-state index in [1.807, 2.05) is 6.07 Å². The maximum atomic E-state index is 9.97. The topological polar surface area (TPSA) is 41.9 Å². The van der Waals surface area contributed by atoms with E-state index in [1.165, 1.54) is 4.88 Å². The quantitative estimate of drug-likeness (QED) is 0.497. The molecule has 0 spiro atoms. The third kappa shape index (κ3) is 7.63. The van der Waals surface area contributed by atoms with Crippen molar-refractivity contribution in [2.45, 2.75) is 19.1 Å². The van der Waals surface area contributed by atoms with Crippen LogP contribution in [0.5, 0.6) is 0 Å². The van der Waals surface area contributed by atoms with Crippen LogP contribution in [-0.4, -0.2) is 56.1 Å². The molecule has 0 amide bonds. The molecule has 5 heteroatoms. The highest BCUT2D eigenvalue weighted by Crippen LogP contribution is 2.12. The molecule has 1 aromatic rings. The molecular formula is C15H23NO3S. The van der Waals surface area contributed by atoms with Gasteiger partial charge in [-0.25, -0.2) is 0 Å². The Morgan fingerprint density at radius 3 is 3.05 bits per heavy atom. The number of aliphatic hydroxyl groups is 1. The van der Waals surface area contributed by atoms with E-state index >= 15 is 0 Å². The fourth-order valence-electron chi connectivity index (χ4n) is 1.89. The van der Waals surface area contributed by atoms with Gasteiger partial charge in [0.2, 0.25) is 0 Å². The van der Waals surface area contributed by atoms with Crippen molar-refractivity contribution in [1.82, 2.24) is 4.90 Å². The first-order valence-corrected chi connectivity index (χ1v) is 7.57. The minimum Gasteiger partial charge on any atom is -0.389 e. The molecule has 0 fully saturated rings. The van der Waals surface area contributed by atoms with Gasteiger partial charge in [-0.15, -0.1) is 17.8 Å². The second-order valence-corrected chi connectivity index (χ2v) is 5.57. The lowest BCUT2D eigenvalue weighted by Gasteiger charge is -2.24. The van der Waals surface area contributed by atoms with Crippen molar-refractivity contribution < 1.29 is 14.6 Å². The Morgan fingerprint density at radius 1 is 1.55 bits per heavy atom. The third-order valence-corrected chi connectivity index (χ3v) is 3.61. The Kier molecular flexibility index (Phi) is 9.29. The summed E-state index contributed by atoms with van der Waals surface area (Å²) in [5.74, 6) is 2.39. The number of thiophene rings is 1. The van der Waals surface area contributed by atoms with Gasteiger partial charge >= 0.3 is 0 Å². The van der Waals surface area contributed by atoms with Crippen molar-refractivity contribution in [3.8, 4) is 12.3 Å². The van der Waals surface area contributed by atoms with Gasteiger partial charge in [-0.2, -0.15) is 0 Å².